The van der Waals surface area contributed by atoms with Crippen molar-refractivity contribution in [3.8, 4) is 28.7 Å². The zero-order valence-electron chi connectivity index (χ0n) is 39.7. The number of ether oxygens (including phenoxy) is 8. The maximum Gasteiger partial charge on any atom is 0.305 e. The minimum Gasteiger partial charge on any atom is -0.493 e. The van der Waals surface area contributed by atoms with Crippen molar-refractivity contribution < 1.29 is 42.7 Å². The van der Waals surface area contributed by atoms with Gasteiger partial charge in [0, 0.05) is 50.5 Å². The van der Waals surface area contributed by atoms with Gasteiger partial charge in [-0.2, -0.15) is 0 Å². The first-order valence-corrected chi connectivity index (χ1v) is 23.3. The first kappa shape index (κ1) is 47.9. The predicted molar refractivity (Wildman–Crippen MR) is 262 cm³/mol. The number of benzene rings is 5. The molecule has 1 aromatic heterocycles. The standard InChI is InChI=1S/C54H62N4O10/c1-35-40(26-38-11-6-8-13-45(38)55)27-41-28-48(62-3)50(30-43(35)41)67-33-36-23-37(25-42(24-36)57(16-10-15-53(59)64-5)17-18-65-21-22-66-20-19-61-2)34-68-51-32-46-44(31-49(51)63-4)54(60)58-47-14-9-7-12-39(47)29-52(58)56-46/h6-9,11-14,23-25,28,30-32,35,40H,10,15-22,26-27,29,33-34,55H2,1-5H3/t35?,40-/m1/s1. The van der Waals surface area contributed by atoms with Crippen molar-refractivity contribution in [2.45, 2.75) is 58.2 Å². The smallest absolute Gasteiger partial charge is 0.305 e. The summed E-state index contributed by atoms with van der Waals surface area (Å²) in [5.74, 6) is 3.31. The molecular weight excluding hydrogens is 865 g/mol. The molecule has 1 unspecified atom stereocenters. The predicted octanol–water partition coefficient (Wildman–Crippen LogP) is 8.01. The highest BCUT2D eigenvalue weighted by Gasteiger charge is 2.31. The molecule has 2 N–H and O–H groups in total. The van der Waals surface area contributed by atoms with E-state index in [1.165, 1.54) is 23.8 Å². The number of nitrogen functional groups attached to an aromatic ring is 1. The lowest BCUT2D eigenvalue weighted by Gasteiger charge is -2.26. The summed E-state index contributed by atoms with van der Waals surface area (Å²) in [7, 11) is 6.28. The molecule has 2 aliphatic rings. The van der Waals surface area contributed by atoms with Gasteiger partial charge in [0.25, 0.3) is 5.56 Å². The van der Waals surface area contributed by atoms with Crippen molar-refractivity contribution in [1.29, 1.82) is 0 Å². The molecule has 0 amide bonds. The minimum absolute atomic E-state index is 0.154. The summed E-state index contributed by atoms with van der Waals surface area (Å²) in [6, 6.07) is 29.9. The lowest BCUT2D eigenvalue weighted by atomic mass is 9.88. The largest absolute Gasteiger partial charge is 0.493 e. The number of hydrogen-bond donors (Lipinski definition) is 1. The van der Waals surface area contributed by atoms with Crippen LogP contribution in [0, 0.1) is 5.92 Å². The zero-order chi connectivity index (χ0) is 47.6. The molecule has 0 spiro atoms. The molecule has 0 bridgehead atoms. The van der Waals surface area contributed by atoms with E-state index in [0.29, 0.717) is 111 Å². The summed E-state index contributed by atoms with van der Waals surface area (Å²) in [6.45, 7) is 6.11. The number of para-hydroxylation sites is 2. The summed E-state index contributed by atoms with van der Waals surface area (Å²) in [5, 5.41) is 0.440. The second kappa shape index (κ2) is 22.5. The number of hydrogen-bond acceptors (Lipinski definition) is 13. The van der Waals surface area contributed by atoms with Gasteiger partial charge >= 0.3 is 5.97 Å². The van der Waals surface area contributed by atoms with Crippen LogP contribution in [-0.4, -0.2) is 90.1 Å². The van der Waals surface area contributed by atoms with Gasteiger partial charge in [0.05, 0.1) is 71.0 Å². The van der Waals surface area contributed by atoms with Crippen LogP contribution >= 0.6 is 0 Å². The van der Waals surface area contributed by atoms with Crippen LogP contribution in [0.15, 0.2) is 95.8 Å². The maximum atomic E-state index is 13.9. The molecule has 14 nitrogen and oxygen atoms in total. The van der Waals surface area contributed by atoms with Crippen LogP contribution in [0.2, 0.25) is 0 Å². The normalized spacial score (nSPS) is 14.6. The first-order valence-electron chi connectivity index (χ1n) is 23.3. The van der Waals surface area contributed by atoms with Crippen LogP contribution in [0.3, 0.4) is 0 Å². The van der Waals surface area contributed by atoms with Gasteiger partial charge in [0.2, 0.25) is 0 Å². The molecule has 2 heterocycles. The Kier molecular flexibility index (Phi) is 15.8. The quantitative estimate of drug-likeness (QED) is 0.0354. The lowest BCUT2D eigenvalue weighted by Crippen LogP contribution is -2.29. The van der Waals surface area contributed by atoms with E-state index in [-0.39, 0.29) is 31.2 Å². The van der Waals surface area contributed by atoms with Crippen LogP contribution in [0.25, 0.3) is 16.6 Å². The number of carbonyl (C=O) groups excluding carboxylic acids is 1. The van der Waals surface area contributed by atoms with Gasteiger partial charge in [0.15, 0.2) is 23.0 Å². The van der Waals surface area contributed by atoms with Gasteiger partial charge < -0.3 is 48.5 Å². The number of carbonyl (C=O) groups is 1. The summed E-state index contributed by atoms with van der Waals surface area (Å²) in [5.41, 5.74) is 15.8. The van der Waals surface area contributed by atoms with E-state index < -0.39 is 0 Å². The highest BCUT2D eigenvalue weighted by Crippen LogP contribution is 2.45. The third-order valence-electron chi connectivity index (χ3n) is 13.0. The highest BCUT2D eigenvalue weighted by atomic mass is 16.5. The fourth-order valence-electron chi connectivity index (χ4n) is 9.32. The molecule has 2 atom stereocenters. The molecule has 358 valence electrons. The molecule has 14 heteroatoms. The van der Waals surface area contributed by atoms with E-state index in [4.69, 9.17) is 48.6 Å². The van der Waals surface area contributed by atoms with Crippen molar-refractivity contribution in [2.24, 2.45) is 5.92 Å². The molecule has 0 fully saturated rings. The van der Waals surface area contributed by atoms with E-state index in [0.717, 1.165) is 46.6 Å². The van der Waals surface area contributed by atoms with Crippen molar-refractivity contribution in [3.63, 3.8) is 0 Å². The van der Waals surface area contributed by atoms with Crippen LogP contribution < -0.4 is 35.1 Å². The molecule has 68 heavy (non-hydrogen) atoms. The Bertz CT molecular complexity index is 2770. The van der Waals surface area contributed by atoms with Gasteiger partial charge in [-0.15, -0.1) is 0 Å². The molecule has 6 aromatic rings. The molecule has 1 aliphatic carbocycles. The molecule has 8 rings (SSSR count). The Morgan fingerprint density at radius 2 is 1.46 bits per heavy atom. The Labute approximate surface area is 397 Å². The van der Waals surface area contributed by atoms with Crippen LogP contribution in [0.5, 0.6) is 23.0 Å². The summed E-state index contributed by atoms with van der Waals surface area (Å²) < 4.78 is 48.3. The molecular formula is C54H62N4O10. The Balaban J connectivity index is 1.07. The van der Waals surface area contributed by atoms with Crippen molar-refractivity contribution in [1.82, 2.24) is 9.55 Å². The van der Waals surface area contributed by atoms with Crippen LogP contribution in [0.4, 0.5) is 11.4 Å². The summed E-state index contributed by atoms with van der Waals surface area (Å²) in [4.78, 5) is 33.3. The number of esters is 1. The molecule has 0 radical (unpaired) electrons. The zero-order valence-corrected chi connectivity index (χ0v) is 39.7. The average Bonchev–Trinajstić information content (AvgIpc) is 3.88. The number of fused-ring (bicyclic) bond motifs is 5. The molecule has 0 saturated carbocycles. The second-order valence-electron chi connectivity index (χ2n) is 17.3. The SMILES string of the molecule is COCCOCCOCCN(CCCC(=O)OC)c1cc(COc2cc3c(cc2OC)C[C@@H](Cc2ccccc2N)C3C)cc(COc2cc3nc4n(c(=O)c3cc2OC)-c2ccccc2C4)c1. The van der Waals surface area contributed by atoms with Crippen molar-refractivity contribution >= 4 is 28.2 Å². The maximum absolute atomic E-state index is 13.9. The highest BCUT2D eigenvalue weighted by molar-refractivity contribution is 5.83. The van der Waals surface area contributed by atoms with E-state index in [1.54, 1.807) is 38.0 Å². The number of aromatic nitrogens is 2. The first-order chi connectivity index (χ1) is 33.2. The van der Waals surface area contributed by atoms with E-state index in [1.807, 2.05) is 42.5 Å². The van der Waals surface area contributed by atoms with Crippen LogP contribution in [-0.2, 0) is 56.2 Å². The van der Waals surface area contributed by atoms with E-state index in [2.05, 4.69) is 48.2 Å². The van der Waals surface area contributed by atoms with Crippen molar-refractivity contribution in [3.05, 3.63) is 141 Å². The number of nitrogens with two attached hydrogens (primary N) is 1. The topological polar surface area (TPSA) is 155 Å². The second-order valence-corrected chi connectivity index (χ2v) is 17.3. The van der Waals surface area contributed by atoms with Crippen molar-refractivity contribution in [2.75, 3.05) is 85.2 Å². The molecule has 5 aromatic carbocycles. The van der Waals surface area contributed by atoms with Gasteiger partial charge in [-0.1, -0.05) is 43.3 Å². The Morgan fingerprint density at radius 1 is 0.765 bits per heavy atom. The lowest BCUT2D eigenvalue weighted by molar-refractivity contribution is -0.140. The fourth-order valence-corrected chi connectivity index (χ4v) is 9.32. The van der Waals surface area contributed by atoms with Gasteiger partial charge in [-0.3, -0.25) is 14.2 Å². The summed E-state index contributed by atoms with van der Waals surface area (Å²) in [6.07, 6.45) is 3.21. The van der Waals surface area contributed by atoms with Gasteiger partial charge in [0.1, 0.15) is 19.0 Å². The third-order valence-corrected chi connectivity index (χ3v) is 13.0. The van der Waals surface area contributed by atoms with Crippen LogP contribution in [0.1, 0.15) is 64.9 Å². The Morgan fingerprint density at radius 3 is 2.19 bits per heavy atom. The number of rotatable bonds is 24. The molecule has 0 saturated heterocycles. The van der Waals surface area contributed by atoms with E-state index >= 15 is 0 Å². The number of methoxy groups -OCH3 is 4. The van der Waals surface area contributed by atoms with E-state index in [9.17, 15) is 9.59 Å². The number of anilines is 2. The monoisotopic (exact) mass is 926 g/mol. The van der Waals surface area contributed by atoms with Gasteiger partial charge in [-0.05, 0) is 113 Å². The fraction of sp³-hybridized carbons (Fsp3) is 0.389. The molecule has 1 aliphatic heterocycles. The minimum atomic E-state index is -0.269. The summed E-state index contributed by atoms with van der Waals surface area (Å²) >= 11 is 0. The third kappa shape index (κ3) is 11.0. The Hall–Kier alpha value is -6.61. The van der Waals surface area contributed by atoms with Gasteiger partial charge in [-0.25, -0.2) is 4.98 Å². The average molecular weight is 927 g/mol. The number of nitrogens with zero attached hydrogens (tertiary/aromatic N) is 3.